The van der Waals surface area contributed by atoms with Crippen LogP contribution in [-0.4, -0.2) is 54.9 Å². The molecule has 0 bridgehead atoms. The van der Waals surface area contributed by atoms with Crippen molar-refractivity contribution in [2.24, 2.45) is 0 Å². The van der Waals surface area contributed by atoms with Crippen molar-refractivity contribution in [3.63, 3.8) is 0 Å². The molecule has 1 fully saturated rings. The quantitative estimate of drug-likeness (QED) is 0.332. The van der Waals surface area contributed by atoms with Gasteiger partial charge in [-0.2, -0.15) is 4.98 Å². The largest absolute Gasteiger partial charge is 0.478 e. The van der Waals surface area contributed by atoms with E-state index in [2.05, 4.69) is 4.98 Å². The zero-order valence-corrected chi connectivity index (χ0v) is 11.3. The Bertz CT molecular complexity index is 642. The number of hydrogen-bond acceptors (Lipinski definition) is 8. The van der Waals surface area contributed by atoms with E-state index in [1.807, 2.05) is 0 Å². The molecular weight excluding hydrogens is 298 g/mol. The summed E-state index contributed by atoms with van der Waals surface area (Å²) < 4.78 is 6.32. The van der Waals surface area contributed by atoms with Gasteiger partial charge in [-0.3, -0.25) is 15.3 Å². The van der Waals surface area contributed by atoms with Crippen LogP contribution >= 0.6 is 0 Å². The number of carbonyl (C=O) groups is 1. The zero-order chi connectivity index (χ0) is 16.3. The number of anilines is 1. The van der Waals surface area contributed by atoms with E-state index >= 15 is 0 Å². The third kappa shape index (κ3) is 3.31. The smallest absolute Gasteiger partial charge is 0.351 e. The molecule has 2 rings (SSSR count). The molecule has 120 valence electrons. The van der Waals surface area contributed by atoms with Crippen molar-refractivity contribution in [2.45, 2.75) is 24.9 Å². The van der Waals surface area contributed by atoms with E-state index in [0.717, 1.165) is 16.7 Å². The van der Waals surface area contributed by atoms with Crippen LogP contribution in [0.1, 0.15) is 18.2 Å². The SMILES string of the molecule is O=C(O)C=Cc1cn([C@@H]2O[C@H](CO)C[C@H]2O)c(=O)nc1NO. The van der Waals surface area contributed by atoms with E-state index in [4.69, 9.17) is 20.2 Å². The number of aromatic nitrogens is 2. The Morgan fingerprint density at radius 1 is 1.59 bits per heavy atom. The van der Waals surface area contributed by atoms with Crippen LogP contribution in [0, 0.1) is 0 Å². The summed E-state index contributed by atoms with van der Waals surface area (Å²) in [7, 11) is 0. The maximum atomic E-state index is 11.9. The van der Waals surface area contributed by atoms with Crippen molar-refractivity contribution in [2.75, 3.05) is 12.1 Å². The summed E-state index contributed by atoms with van der Waals surface area (Å²) in [5.74, 6) is -1.45. The molecule has 10 nitrogen and oxygen atoms in total. The van der Waals surface area contributed by atoms with Crippen molar-refractivity contribution >= 4 is 17.9 Å². The number of hydrogen-bond donors (Lipinski definition) is 5. The number of aliphatic hydroxyl groups excluding tert-OH is 2. The number of ether oxygens (including phenoxy) is 1. The highest BCUT2D eigenvalue weighted by molar-refractivity contribution is 5.86. The van der Waals surface area contributed by atoms with Crippen molar-refractivity contribution in [1.29, 1.82) is 0 Å². The van der Waals surface area contributed by atoms with Gasteiger partial charge >= 0.3 is 11.7 Å². The lowest BCUT2D eigenvalue weighted by Gasteiger charge is -2.18. The Morgan fingerprint density at radius 3 is 2.86 bits per heavy atom. The number of aliphatic carboxylic acids is 1. The molecule has 0 unspecified atom stereocenters. The van der Waals surface area contributed by atoms with Crippen LogP contribution in [0.2, 0.25) is 0 Å². The van der Waals surface area contributed by atoms with Gasteiger partial charge in [-0.05, 0) is 6.08 Å². The van der Waals surface area contributed by atoms with E-state index in [-0.39, 0.29) is 24.4 Å². The van der Waals surface area contributed by atoms with Crippen molar-refractivity contribution in [3.05, 3.63) is 28.3 Å². The van der Waals surface area contributed by atoms with Gasteiger partial charge < -0.3 is 20.1 Å². The molecule has 0 aliphatic carbocycles. The Labute approximate surface area is 123 Å². The Morgan fingerprint density at radius 2 is 2.32 bits per heavy atom. The fourth-order valence-electron chi connectivity index (χ4n) is 2.14. The predicted octanol–water partition coefficient (Wildman–Crippen LogP) is -1.22. The fraction of sp³-hybridized carbons (Fsp3) is 0.417. The zero-order valence-electron chi connectivity index (χ0n) is 11.3. The van der Waals surface area contributed by atoms with Gasteiger partial charge in [0.05, 0.1) is 12.7 Å². The molecule has 0 aromatic carbocycles. The fourth-order valence-corrected chi connectivity index (χ4v) is 2.14. The lowest BCUT2D eigenvalue weighted by atomic mass is 10.2. The minimum atomic E-state index is -1.22. The van der Waals surface area contributed by atoms with Gasteiger partial charge in [-0.25, -0.2) is 9.59 Å². The maximum absolute atomic E-state index is 11.9. The molecule has 0 amide bonds. The monoisotopic (exact) mass is 313 g/mol. The topological polar surface area (TPSA) is 154 Å². The third-order valence-corrected chi connectivity index (χ3v) is 3.13. The minimum Gasteiger partial charge on any atom is -0.478 e. The first-order valence-corrected chi connectivity index (χ1v) is 6.35. The molecular formula is C12H15N3O7. The second-order valence-corrected chi connectivity index (χ2v) is 4.65. The first-order chi connectivity index (χ1) is 10.5. The minimum absolute atomic E-state index is 0.104. The summed E-state index contributed by atoms with van der Waals surface area (Å²) in [6.45, 7) is -0.308. The molecule has 1 saturated heterocycles. The molecule has 3 atom stereocenters. The normalized spacial score (nSPS) is 24.8. The number of carboxylic acids is 1. The van der Waals surface area contributed by atoms with Crippen LogP contribution in [-0.2, 0) is 9.53 Å². The first-order valence-electron chi connectivity index (χ1n) is 6.35. The van der Waals surface area contributed by atoms with Gasteiger partial charge in [0.15, 0.2) is 12.0 Å². The van der Waals surface area contributed by atoms with E-state index in [1.165, 1.54) is 6.20 Å². The van der Waals surface area contributed by atoms with Gasteiger partial charge in [-0.15, -0.1) is 0 Å². The highest BCUT2D eigenvalue weighted by Crippen LogP contribution is 2.28. The molecule has 1 aliphatic heterocycles. The Balaban J connectivity index is 2.42. The van der Waals surface area contributed by atoms with Crippen molar-refractivity contribution < 1.29 is 30.1 Å². The summed E-state index contributed by atoms with van der Waals surface area (Å²) >= 11 is 0. The molecule has 1 aromatic rings. The van der Waals surface area contributed by atoms with Crippen LogP contribution in [0.4, 0.5) is 5.82 Å². The predicted molar refractivity (Wildman–Crippen MR) is 72.2 cm³/mol. The highest BCUT2D eigenvalue weighted by Gasteiger charge is 2.35. The number of nitrogens with one attached hydrogen (secondary N) is 1. The van der Waals surface area contributed by atoms with E-state index in [1.54, 1.807) is 5.48 Å². The van der Waals surface area contributed by atoms with Crippen molar-refractivity contribution in [1.82, 2.24) is 9.55 Å². The Kier molecular flexibility index (Phi) is 4.88. The lowest BCUT2D eigenvalue weighted by Crippen LogP contribution is -2.32. The standard InChI is InChI=1S/C12H15N3O7/c16-5-7-3-8(17)11(22-7)15-4-6(1-2-9(18)19)10(14-21)13-12(15)20/h1-2,4,7-8,11,16-17,21H,3,5H2,(H,18,19)(H,13,14,20)/t7-,8+,11+/m0/s1. The van der Waals surface area contributed by atoms with Crippen LogP contribution in [0.25, 0.3) is 6.08 Å². The van der Waals surface area contributed by atoms with Gasteiger partial charge in [0.1, 0.15) is 6.10 Å². The molecule has 1 aliphatic rings. The summed E-state index contributed by atoms with van der Waals surface area (Å²) in [4.78, 5) is 26.0. The average Bonchev–Trinajstić information content (AvgIpc) is 2.86. The van der Waals surface area contributed by atoms with Crippen LogP contribution in [0.5, 0.6) is 0 Å². The lowest BCUT2D eigenvalue weighted by molar-refractivity contribution is -0.131. The summed E-state index contributed by atoms with van der Waals surface area (Å²) in [5.41, 5.74) is 0.988. The number of rotatable bonds is 5. The third-order valence-electron chi connectivity index (χ3n) is 3.13. The number of nitrogens with zero attached hydrogens (tertiary/aromatic N) is 2. The number of carboxylic acid groups (broad SMARTS) is 1. The summed E-state index contributed by atoms with van der Waals surface area (Å²) in [5, 5.41) is 36.5. The Hall–Kier alpha value is -2.27. The maximum Gasteiger partial charge on any atom is 0.351 e. The van der Waals surface area contributed by atoms with E-state index < -0.39 is 30.1 Å². The molecule has 0 radical (unpaired) electrons. The molecule has 5 N–H and O–H groups in total. The summed E-state index contributed by atoms with van der Waals surface area (Å²) in [6.07, 6.45) is 0.571. The molecule has 22 heavy (non-hydrogen) atoms. The van der Waals surface area contributed by atoms with Gasteiger partial charge in [0.2, 0.25) is 0 Å². The number of aliphatic hydroxyl groups is 2. The van der Waals surface area contributed by atoms with Crippen molar-refractivity contribution in [3.8, 4) is 0 Å². The highest BCUT2D eigenvalue weighted by atomic mass is 16.5. The van der Waals surface area contributed by atoms with E-state index in [0.29, 0.717) is 0 Å². The molecule has 0 saturated carbocycles. The molecule has 1 aromatic heterocycles. The van der Waals surface area contributed by atoms with Crippen LogP contribution in [0.3, 0.4) is 0 Å². The first kappa shape index (κ1) is 16.1. The molecule has 2 heterocycles. The van der Waals surface area contributed by atoms with E-state index in [9.17, 15) is 14.7 Å². The molecule has 0 spiro atoms. The second kappa shape index (κ2) is 6.66. The molecule has 10 heteroatoms. The average molecular weight is 313 g/mol. The van der Waals surface area contributed by atoms with Gasteiger partial charge in [0, 0.05) is 24.3 Å². The van der Waals surface area contributed by atoms with Crippen LogP contribution < -0.4 is 11.2 Å². The van der Waals surface area contributed by atoms with Gasteiger partial charge in [0.25, 0.3) is 0 Å². The van der Waals surface area contributed by atoms with Crippen LogP contribution in [0.15, 0.2) is 17.1 Å². The van der Waals surface area contributed by atoms with Gasteiger partial charge in [-0.1, -0.05) is 0 Å². The summed E-state index contributed by atoms with van der Waals surface area (Å²) in [6, 6.07) is 0. The second-order valence-electron chi connectivity index (χ2n) is 4.65.